The van der Waals surface area contributed by atoms with Gasteiger partial charge in [0, 0.05) is 12.5 Å². The number of amides is 1. The van der Waals surface area contributed by atoms with Gasteiger partial charge < -0.3 is 10.1 Å². The van der Waals surface area contributed by atoms with Crippen molar-refractivity contribution in [2.75, 3.05) is 13.4 Å². The molecule has 19 heavy (non-hydrogen) atoms. The standard InChI is InChI=1S/C15H18N2O2/c18-15-9-13-8-14(19-11-17(13)10-16-15)7-6-12-4-2-1-3-5-12/h1-7,13-14H,8-11H2,(H,16,18)/t13-,14-/m0/s1. The SMILES string of the molecule is O=C1C[C@@H]2C[C@H](C=Cc3ccccc3)OCN2CN1. The largest absolute Gasteiger partial charge is 0.359 e. The third-order valence-electron chi connectivity index (χ3n) is 3.68. The number of nitrogens with zero attached hydrogens (tertiary/aromatic N) is 1. The maximum Gasteiger partial charge on any atom is 0.222 e. The number of carbonyl (C=O) groups is 1. The summed E-state index contributed by atoms with van der Waals surface area (Å²) in [5.41, 5.74) is 1.18. The van der Waals surface area contributed by atoms with Crippen LogP contribution in [0.5, 0.6) is 0 Å². The van der Waals surface area contributed by atoms with E-state index in [0.717, 1.165) is 6.42 Å². The highest BCUT2D eigenvalue weighted by Gasteiger charge is 2.32. The van der Waals surface area contributed by atoms with E-state index in [1.165, 1.54) is 5.56 Å². The third-order valence-corrected chi connectivity index (χ3v) is 3.68. The van der Waals surface area contributed by atoms with Gasteiger partial charge in [0.05, 0.1) is 12.8 Å². The number of carbonyl (C=O) groups excluding carboxylic acids is 1. The Bertz CT molecular complexity index is 472. The Balaban J connectivity index is 1.61. The summed E-state index contributed by atoms with van der Waals surface area (Å²) in [5.74, 6) is 0.147. The molecule has 4 nitrogen and oxygen atoms in total. The lowest BCUT2D eigenvalue weighted by molar-refractivity contribution is -0.137. The van der Waals surface area contributed by atoms with Crippen molar-refractivity contribution in [3.63, 3.8) is 0 Å². The summed E-state index contributed by atoms with van der Waals surface area (Å²) < 4.78 is 5.79. The molecule has 0 saturated carbocycles. The summed E-state index contributed by atoms with van der Waals surface area (Å²) in [6, 6.07) is 10.5. The van der Waals surface area contributed by atoms with Gasteiger partial charge in [-0.25, -0.2) is 0 Å². The molecule has 2 aliphatic rings. The van der Waals surface area contributed by atoms with Crippen molar-refractivity contribution < 1.29 is 9.53 Å². The van der Waals surface area contributed by atoms with Gasteiger partial charge in [0.1, 0.15) is 6.73 Å². The van der Waals surface area contributed by atoms with E-state index < -0.39 is 0 Å². The van der Waals surface area contributed by atoms with Crippen LogP contribution in [-0.2, 0) is 9.53 Å². The Kier molecular flexibility index (Phi) is 3.62. The fraction of sp³-hybridized carbons (Fsp3) is 0.400. The Morgan fingerprint density at radius 2 is 2.16 bits per heavy atom. The summed E-state index contributed by atoms with van der Waals surface area (Å²) in [4.78, 5) is 13.6. The monoisotopic (exact) mass is 258 g/mol. The van der Waals surface area contributed by atoms with Crippen LogP contribution >= 0.6 is 0 Å². The van der Waals surface area contributed by atoms with Gasteiger partial charge >= 0.3 is 0 Å². The average molecular weight is 258 g/mol. The third kappa shape index (κ3) is 3.03. The van der Waals surface area contributed by atoms with Crippen LogP contribution < -0.4 is 5.32 Å². The average Bonchev–Trinajstić information content (AvgIpc) is 2.46. The van der Waals surface area contributed by atoms with Gasteiger partial charge in [-0.15, -0.1) is 0 Å². The molecule has 1 amide bonds. The van der Waals surface area contributed by atoms with E-state index in [-0.39, 0.29) is 12.0 Å². The van der Waals surface area contributed by atoms with Crippen LogP contribution in [0.1, 0.15) is 18.4 Å². The first-order valence-electron chi connectivity index (χ1n) is 6.67. The van der Waals surface area contributed by atoms with Crippen LogP contribution in [0.15, 0.2) is 36.4 Å². The van der Waals surface area contributed by atoms with Gasteiger partial charge in [-0.05, 0) is 12.0 Å². The lowest BCUT2D eigenvalue weighted by Crippen LogP contribution is -2.55. The second-order valence-electron chi connectivity index (χ2n) is 5.04. The lowest BCUT2D eigenvalue weighted by Gasteiger charge is -2.41. The van der Waals surface area contributed by atoms with Crippen molar-refractivity contribution in [3.8, 4) is 0 Å². The summed E-state index contributed by atoms with van der Waals surface area (Å²) in [6.07, 6.45) is 5.76. The van der Waals surface area contributed by atoms with E-state index >= 15 is 0 Å². The molecular weight excluding hydrogens is 240 g/mol. The minimum Gasteiger partial charge on any atom is -0.359 e. The molecule has 0 bridgehead atoms. The fourth-order valence-corrected chi connectivity index (χ4v) is 2.56. The Hall–Kier alpha value is -1.65. The van der Waals surface area contributed by atoms with E-state index in [1.54, 1.807) is 0 Å². The predicted octanol–water partition coefficient (Wildman–Crippen LogP) is 1.59. The molecule has 0 radical (unpaired) electrons. The Morgan fingerprint density at radius 3 is 3.00 bits per heavy atom. The zero-order valence-corrected chi connectivity index (χ0v) is 10.8. The topological polar surface area (TPSA) is 41.6 Å². The molecule has 0 unspecified atom stereocenters. The number of rotatable bonds is 2. The Labute approximate surface area is 113 Å². The highest BCUT2D eigenvalue weighted by atomic mass is 16.5. The van der Waals surface area contributed by atoms with E-state index in [9.17, 15) is 4.79 Å². The number of fused-ring (bicyclic) bond motifs is 1. The molecule has 2 fully saturated rings. The zero-order valence-electron chi connectivity index (χ0n) is 10.8. The van der Waals surface area contributed by atoms with Gasteiger partial charge in [0.2, 0.25) is 5.91 Å². The summed E-state index contributed by atoms with van der Waals surface area (Å²) in [5, 5.41) is 2.84. The van der Waals surface area contributed by atoms with Crippen molar-refractivity contribution in [2.45, 2.75) is 25.0 Å². The number of nitrogens with one attached hydrogen (secondary N) is 1. The summed E-state index contributed by atoms with van der Waals surface area (Å²) in [7, 11) is 0. The fourth-order valence-electron chi connectivity index (χ4n) is 2.56. The molecular formula is C15H18N2O2. The second-order valence-corrected chi connectivity index (χ2v) is 5.04. The number of hydrogen-bond donors (Lipinski definition) is 1. The van der Waals surface area contributed by atoms with Crippen molar-refractivity contribution >= 4 is 12.0 Å². The van der Waals surface area contributed by atoms with Gasteiger partial charge in [-0.2, -0.15) is 0 Å². The van der Waals surface area contributed by atoms with Crippen molar-refractivity contribution in [1.82, 2.24) is 10.2 Å². The minimum atomic E-state index is 0.104. The molecule has 0 spiro atoms. The maximum atomic E-state index is 11.4. The first-order chi connectivity index (χ1) is 9.31. The molecule has 0 aliphatic carbocycles. The first kappa shape index (κ1) is 12.4. The van der Waals surface area contributed by atoms with Gasteiger partial charge in [-0.3, -0.25) is 9.69 Å². The molecule has 2 heterocycles. The zero-order chi connectivity index (χ0) is 13.1. The Morgan fingerprint density at radius 1 is 1.32 bits per heavy atom. The van der Waals surface area contributed by atoms with Gasteiger partial charge in [0.25, 0.3) is 0 Å². The van der Waals surface area contributed by atoms with Crippen LogP contribution in [0.3, 0.4) is 0 Å². The van der Waals surface area contributed by atoms with Gasteiger partial charge in [0.15, 0.2) is 0 Å². The number of hydrogen-bond acceptors (Lipinski definition) is 3. The van der Waals surface area contributed by atoms with Crippen LogP contribution in [-0.4, -0.2) is 36.4 Å². The van der Waals surface area contributed by atoms with E-state index in [2.05, 4.69) is 34.5 Å². The molecule has 4 heteroatoms. The quantitative estimate of drug-likeness (QED) is 0.876. The minimum absolute atomic E-state index is 0.104. The van der Waals surface area contributed by atoms with Crippen LogP contribution in [0, 0.1) is 0 Å². The molecule has 3 rings (SSSR count). The highest BCUT2D eigenvalue weighted by Crippen LogP contribution is 2.22. The van der Waals surface area contributed by atoms with E-state index in [0.29, 0.717) is 25.9 Å². The second kappa shape index (κ2) is 5.55. The van der Waals surface area contributed by atoms with Crippen molar-refractivity contribution in [2.24, 2.45) is 0 Å². The highest BCUT2D eigenvalue weighted by molar-refractivity contribution is 5.77. The predicted molar refractivity (Wildman–Crippen MR) is 73.1 cm³/mol. The lowest BCUT2D eigenvalue weighted by atomic mass is 10.0. The van der Waals surface area contributed by atoms with Crippen LogP contribution in [0.2, 0.25) is 0 Å². The van der Waals surface area contributed by atoms with Crippen LogP contribution in [0.25, 0.3) is 6.08 Å². The van der Waals surface area contributed by atoms with E-state index in [1.807, 2.05) is 18.2 Å². The summed E-state index contributed by atoms with van der Waals surface area (Å²) >= 11 is 0. The molecule has 2 aliphatic heterocycles. The first-order valence-corrected chi connectivity index (χ1v) is 6.67. The van der Waals surface area contributed by atoms with Crippen LogP contribution in [0.4, 0.5) is 0 Å². The molecule has 1 aromatic carbocycles. The normalized spacial score (nSPS) is 28.1. The molecule has 1 aromatic rings. The van der Waals surface area contributed by atoms with Crippen molar-refractivity contribution in [3.05, 3.63) is 42.0 Å². The van der Waals surface area contributed by atoms with E-state index in [4.69, 9.17) is 4.74 Å². The van der Waals surface area contributed by atoms with Crippen molar-refractivity contribution in [1.29, 1.82) is 0 Å². The molecule has 2 saturated heterocycles. The molecule has 1 N–H and O–H groups in total. The smallest absolute Gasteiger partial charge is 0.222 e. The molecule has 0 aromatic heterocycles. The summed E-state index contributed by atoms with van der Waals surface area (Å²) in [6.45, 7) is 1.20. The van der Waals surface area contributed by atoms with Gasteiger partial charge in [-0.1, -0.05) is 42.5 Å². The molecule has 100 valence electrons. The number of benzene rings is 1. The maximum absolute atomic E-state index is 11.4. The molecule has 2 atom stereocenters. The number of ether oxygens (including phenoxy) is 1.